The predicted molar refractivity (Wildman–Crippen MR) is 55.5 cm³/mol. The number of hydrogen-bond acceptors (Lipinski definition) is 3. The molecule has 0 unspecified atom stereocenters. The van der Waals surface area contributed by atoms with Gasteiger partial charge in [-0.15, -0.1) is 0 Å². The summed E-state index contributed by atoms with van der Waals surface area (Å²) >= 11 is 0. The number of hydrogen-bond donors (Lipinski definition) is 2. The van der Waals surface area contributed by atoms with Crippen LogP contribution in [0.2, 0.25) is 0 Å². The molecule has 0 aromatic rings. The molecule has 0 radical (unpaired) electrons. The first-order valence-electron chi connectivity index (χ1n) is 5.54. The molecule has 0 spiro atoms. The standard InChI is InChI=1S/C10H17F3N2O2/c1-7(5-17-6-10(11,12)13)15-9(16)8-2-3-14-4-8/h7-8,14H,2-6H2,1H3,(H,15,16)/t7-,8-/m1/s1. The van der Waals surface area contributed by atoms with Crippen LogP contribution < -0.4 is 10.6 Å². The molecule has 7 heteroatoms. The number of halogens is 3. The lowest BCUT2D eigenvalue weighted by Gasteiger charge is -2.17. The minimum Gasteiger partial charge on any atom is -0.370 e. The van der Waals surface area contributed by atoms with Crippen LogP contribution in [0, 0.1) is 5.92 Å². The van der Waals surface area contributed by atoms with Gasteiger partial charge in [0, 0.05) is 12.6 Å². The molecule has 0 saturated carbocycles. The first-order valence-corrected chi connectivity index (χ1v) is 5.54. The lowest BCUT2D eigenvalue weighted by molar-refractivity contribution is -0.175. The van der Waals surface area contributed by atoms with Crippen molar-refractivity contribution in [2.24, 2.45) is 5.92 Å². The Morgan fingerprint density at radius 1 is 1.59 bits per heavy atom. The van der Waals surface area contributed by atoms with Crippen molar-refractivity contribution in [3.05, 3.63) is 0 Å². The normalized spacial score (nSPS) is 22.5. The van der Waals surface area contributed by atoms with Gasteiger partial charge in [-0.2, -0.15) is 13.2 Å². The fourth-order valence-corrected chi connectivity index (χ4v) is 1.63. The molecule has 1 saturated heterocycles. The minimum absolute atomic E-state index is 0.0833. The smallest absolute Gasteiger partial charge is 0.370 e. The van der Waals surface area contributed by atoms with Crippen molar-refractivity contribution >= 4 is 5.91 Å². The number of rotatable bonds is 5. The Kier molecular flexibility index (Phi) is 5.20. The van der Waals surface area contributed by atoms with Gasteiger partial charge in [-0.25, -0.2) is 0 Å². The molecule has 2 atom stereocenters. The Morgan fingerprint density at radius 3 is 2.82 bits per heavy atom. The average molecular weight is 254 g/mol. The molecule has 1 amide bonds. The third-order valence-electron chi connectivity index (χ3n) is 2.45. The molecule has 2 N–H and O–H groups in total. The molecular weight excluding hydrogens is 237 g/mol. The quantitative estimate of drug-likeness (QED) is 0.758. The largest absolute Gasteiger partial charge is 0.411 e. The molecule has 100 valence electrons. The van der Waals surface area contributed by atoms with Gasteiger partial charge in [0.1, 0.15) is 6.61 Å². The van der Waals surface area contributed by atoms with Crippen LogP contribution in [0.1, 0.15) is 13.3 Å². The second-order valence-corrected chi connectivity index (χ2v) is 4.23. The van der Waals surface area contributed by atoms with Crippen LogP contribution in [0.3, 0.4) is 0 Å². The van der Waals surface area contributed by atoms with Crippen molar-refractivity contribution in [1.29, 1.82) is 0 Å². The summed E-state index contributed by atoms with van der Waals surface area (Å²) in [6.07, 6.45) is -3.55. The lowest BCUT2D eigenvalue weighted by atomic mass is 10.1. The first-order chi connectivity index (χ1) is 7.88. The van der Waals surface area contributed by atoms with Crippen molar-refractivity contribution in [2.45, 2.75) is 25.6 Å². The lowest BCUT2D eigenvalue weighted by Crippen LogP contribution is -2.40. The van der Waals surface area contributed by atoms with E-state index >= 15 is 0 Å². The van der Waals surface area contributed by atoms with Crippen LogP contribution in [-0.2, 0) is 9.53 Å². The zero-order valence-electron chi connectivity index (χ0n) is 9.64. The van der Waals surface area contributed by atoms with Crippen LogP contribution in [-0.4, -0.2) is 44.4 Å². The maximum atomic E-state index is 11.8. The summed E-state index contributed by atoms with van der Waals surface area (Å²) in [6, 6.07) is -0.412. The highest BCUT2D eigenvalue weighted by atomic mass is 19.4. The summed E-state index contributed by atoms with van der Waals surface area (Å²) in [5.74, 6) is -0.210. The highest BCUT2D eigenvalue weighted by Gasteiger charge is 2.28. The van der Waals surface area contributed by atoms with Crippen molar-refractivity contribution < 1.29 is 22.7 Å². The van der Waals surface area contributed by atoms with E-state index in [9.17, 15) is 18.0 Å². The van der Waals surface area contributed by atoms with Crippen LogP contribution in [0.25, 0.3) is 0 Å². The molecule has 1 rings (SSSR count). The number of carbonyl (C=O) groups excluding carboxylic acids is 1. The Bertz CT molecular complexity index is 252. The fraction of sp³-hybridized carbons (Fsp3) is 0.900. The van der Waals surface area contributed by atoms with Crippen LogP contribution in [0.4, 0.5) is 13.2 Å². The summed E-state index contributed by atoms with van der Waals surface area (Å²) in [4.78, 5) is 11.6. The third-order valence-corrected chi connectivity index (χ3v) is 2.45. The molecule has 0 bridgehead atoms. The van der Waals surface area contributed by atoms with E-state index in [0.717, 1.165) is 13.0 Å². The number of nitrogens with one attached hydrogen (secondary N) is 2. The Balaban J connectivity index is 2.15. The maximum absolute atomic E-state index is 11.8. The van der Waals surface area contributed by atoms with Crippen molar-refractivity contribution in [3.8, 4) is 0 Å². The highest BCUT2D eigenvalue weighted by Crippen LogP contribution is 2.14. The average Bonchev–Trinajstić information content (AvgIpc) is 2.67. The van der Waals surface area contributed by atoms with E-state index in [1.54, 1.807) is 6.92 Å². The van der Waals surface area contributed by atoms with Gasteiger partial charge in [0.15, 0.2) is 0 Å². The van der Waals surface area contributed by atoms with Gasteiger partial charge >= 0.3 is 6.18 Å². The van der Waals surface area contributed by atoms with Crippen LogP contribution >= 0.6 is 0 Å². The first kappa shape index (κ1) is 14.2. The predicted octanol–water partition coefficient (Wildman–Crippen LogP) is 0.679. The Morgan fingerprint density at radius 2 is 2.29 bits per heavy atom. The van der Waals surface area contributed by atoms with Gasteiger partial charge < -0.3 is 15.4 Å². The molecule has 0 aromatic heterocycles. The summed E-state index contributed by atoms with van der Waals surface area (Å²) in [5, 5.41) is 5.69. The molecule has 1 aliphatic heterocycles. The van der Waals surface area contributed by atoms with Crippen LogP contribution in [0.5, 0.6) is 0 Å². The van der Waals surface area contributed by atoms with E-state index in [4.69, 9.17) is 0 Å². The molecule has 0 aromatic carbocycles. The van der Waals surface area contributed by atoms with E-state index in [1.807, 2.05) is 0 Å². The van der Waals surface area contributed by atoms with E-state index in [1.165, 1.54) is 0 Å². The zero-order valence-corrected chi connectivity index (χ0v) is 9.64. The fourth-order valence-electron chi connectivity index (χ4n) is 1.63. The highest BCUT2D eigenvalue weighted by molar-refractivity contribution is 5.79. The van der Waals surface area contributed by atoms with Crippen molar-refractivity contribution in [3.63, 3.8) is 0 Å². The minimum atomic E-state index is -4.32. The second-order valence-electron chi connectivity index (χ2n) is 4.23. The van der Waals surface area contributed by atoms with Gasteiger partial charge in [-0.3, -0.25) is 4.79 Å². The Labute approximate surface area is 97.9 Å². The molecule has 1 heterocycles. The van der Waals surface area contributed by atoms with E-state index in [0.29, 0.717) is 6.54 Å². The maximum Gasteiger partial charge on any atom is 0.411 e. The number of carbonyl (C=O) groups is 1. The number of ether oxygens (including phenoxy) is 1. The second kappa shape index (κ2) is 6.20. The SMILES string of the molecule is C[C@H](COCC(F)(F)F)NC(=O)[C@@H]1CCNC1. The van der Waals surface area contributed by atoms with Gasteiger partial charge in [-0.1, -0.05) is 0 Å². The summed E-state index contributed by atoms with van der Waals surface area (Å²) < 4.78 is 39.8. The van der Waals surface area contributed by atoms with Gasteiger partial charge in [-0.05, 0) is 19.9 Å². The van der Waals surface area contributed by atoms with Crippen molar-refractivity contribution in [2.75, 3.05) is 26.3 Å². The molecule has 17 heavy (non-hydrogen) atoms. The van der Waals surface area contributed by atoms with E-state index < -0.39 is 18.8 Å². The summed E-state index contributed by atoms with van der Waals surface area (Å²) in [7, 11) is 0. The van der Waals surface area contributed by atoms with Crippen LogP contribution in [0.15, 0.2) is 0 Å². The molecule has 1 fully saturated rings. The number of alkyl halides is 3. The number of amides is 1. The van der Waals surface area contributed by atoms with Crippen molar-refractivity contribution in [1.82, 2.24) is 10.6 Å². The Hall–Kier alpha value is -0.820. The summed E-state index contributed by atoms with van der Waals surface area (Å²) in [5.41, 5.74) is 0. The molecular formula is C10H17F3N2O2. The zero-order chi connectivity index (χ0) is 12.9. The monoisotopic (exact) mass is 254 g/mol. The summed E-state index contributed by atoms with van der Waals surface area (Å²) in [6.45, 7) is 1.64. The van der Waals surface area contributed by atoms with Gasteiger partial charge in [0.2, 0.25) is 5.91 Å². The van der Waals surface area contributed by atoms with E-state index in [2.05, 4.69) is 15.4 Å². The molecule has 0 aliphatic carbocycles. The molecule has 1 aliphatic rings. The third kappa shape index (κ3) is 5.88. The topological polar surface area (TPSA) is 50.4 Å². The van der Waals surface area contributed by atoms with Gasteiger partial charge in [0.25, 0.3) is 0 Å². The molecule has 4 nitrogen and oxygen atoms in total. The van der Waals surface area contributed by atoms with Gasteiger partial charge in [0.05, 0.1) is 12.5 Å². The van der Waals surface area contributed by atoms with E-state index in [-0.39, 0.29) is 18.4 Å².